The molecular formula is C19H24N4O. The van der Waals surface area contributed by atoms with Gasteiger partial charge >= 0.3 is 0 Å². The van der Waals surface area contributed by atoms with Crippen molar-refractivity contribution in [1.82, 2.24) is 10.3 Å². The lowest BCUT2D eigenvalue weighted by atomic mass is 9.86. The van der Waals surface area contributed by atoms with E-state index in [1.807, 2.05) is 30.5 Å². The molecule has 0 amide bonds. The topological polar surface area (TPSA) is 72.5 Å². The zero-order valence-corrected chi connectivity index (χ0v) is 14.2. The third-order valence-corrected chi connectivity index (χ3v) is 4.37. The van der Waals surface area contributed by atoms with E-state index in [0.29, 0.717) is 19.1 Å². The number of fused-ring (bicyclic) bond motifs is 1. The molecule has 1 aromatic heterocycles. The molecule has 24 heavy (non-hydrogen) atoms. The van der Waals surface area contributed by atoms with Gasteiger partial charge in [0.15, 0.2) is 5.96 Å². The minimum Gasteiger partial charge on any atom is -0.493 e. The molecule has 5 heteroatoms. The zero-order chi connectivity index (χ0) is 17.0. The number of para-hydroxylation sites is 1. The lowest BCUT2D eigenvalue weighted by molar-refractivity contribution is 0.262. The summed E-state index contributed by atoms with van der Waals surface area (Å²) in [5.74, 6) is 1.39. The van der Waals surface area contributed by atoms with E-state index in [-0.39, 0.29) is 11.5 Å². The van der Waals surface area contributed by atoms with Crippen LogP contribution in [0.3, 0.4) is 0 Å². The predicted octanol–water partition coefficient (Wildman–Crippen LogP) is 2.79. The van der Waals surface area contributed by atoms with Crippen LogP contribution >= 0.6 is 0 Å². The highest BCUT2D eigenvalue weighted by Crippen LogP contribution is 2.31. The lowest BCUT2D eigenvalue weighted by Crippen LogP contribution is -2.38. The van der Waals surface area contributed by atoms with Crippen LogP contribution in [-0.2, 0) is 5.41 Å². The Labute approximate surface area is 143 Å². The second kappa shape index (κ2) is 6.91. The highest BCUT2D eigenvalue weighted by Gasteiger charge is 2.23. The van der Waals surface area contributed by atoms with Gasteiger partial charge < -0.3 is 15.8 Å². The summed E-state index contributed by atoms with van der Waals surface area (Å²) >= 11 is 0. The molecule has 0 fully saturated rings. The molecule has 0 saturated heterocycles. The molecule has 126 valence electrons. The Morgan fingerprint density at radius 3 is 2.96 bits per heavy atom. The van der Waals surface area contributed by atoms with Gasteiger partial charge in [-0.3, -0.25) is 9.98 Å². The molecule has 1 aliphatic heterocycles. The number of pyridine rings is 1. The first-order chi connectivity index (χ1) is 11.6. The molecule has 0 aliphatic carbocycles. The van der Waals surface area contributed by atoms with Crippen LogP contribution < -0.4 is 15.8 Å². The molecule has 0 radical (unpaired) electrons. The number of nitrogens with one attached hydrogen (secondary N) is 1. The fourth-order valence-corrected chi connectivity index (χ4v) is 2.85. The van der Waals surface area contributed by atoms with E-state index < -0.39 is 0 Å². The van der Waals surface area contributed by atoms with E-state index in [2.05, 4.69) is 41.3 Å². The fourth-order valence-electron chi connectivity index (χ4n) is 2.85. The second-order valence-corrected chi connectivity index (χ2v) is 6.70. The minimum atomic E-state index is -0.117. The number of guanidine groups is 1. The van der Waals surface area contributed by atoms with Gasteiger partial charge in [0.05, 0.1) is 19.2 Å². The van der Waals surface area contributed by atoms with Gasteiger partial charge in [-0.15, -0.1) is 0 Å². The minimum absolute atomic E-state index is 0.117. The van der Waals surface area contributed by atoms with Crippen molar-refractivity contribution in [1.29, 1.82) is 0 Å². The first-order valence-electron chi connectivity index (χ1n) is 8.25. The highest BCUT2D eigenvalue weighted by atomic mass is 16.5. The molecular weight excluding hydrogens is 300 g/mol. The monoisotopic (exact) mass is 324 g/mol. The molecule has 1 atom stereocenters. The summed E-state index contributed by atoms with van der Waals surface area (Å²) in [5.41, 5.74) is 8.30. The predicted molar refractivity (Wildman–Crippen MR) is 96.2 cm³/mol. The number of aromatic nitrogens is 1. The van der Waals surface area contributed by atoms with Crippen LogP contribution in [-0.4, -0.2) is 24.1 Å². The lowest BCUT2D eigenvalue weighted by Gasteiger charge is -2.27. The Hall–Kier alpha value is -2.56. The van der Waals surface area contributed by atoms with Crippen molar-refractivity contribution in [2.24, 2.45) is 10.7 Å². The van der Waals surface area contributed by atoms with E-state index in [1.54, 1.807) is 6.20 Å². The first kappa shape index (κ1) is 16.3. The Morgan fingerprint density at radius 1 is 1.33 bits per heavy atom. The van der Waals surface area contributed by atoms with E-state index in [1.165, 1.54) is 0 Å². The van der Waals surface area contributed by atoms with E-state index >= 15 is 0 Å². The largest absolute Gasteiger partial charge is 0.493 e. The summed E-state index contributed by atoms with van der Waals surface area (Å²) in [6.07, 6.45) is 4.54. The second-order valence-electron chi connectivity index (χ2n) is 6.70. The van der Waals surface area contributed by atoms with Crippen LogP contribution in [0.5, 0.6) is 5.75 Å². The number of hydrogen-bond donors (Lipinski definition) is 2. The van der Waals surface area contributed by atoms with Gasteiger partial charge in [0.1, 0.15) is 5.75 Å². The Morgan fingerprint density at radius 2 is 2.17 bits per heavy atom. The molecule has 5 nitrogen and oxygen atoms in total. The number of nitrogens with two attached hydrogens (primary N) is 1. The summed E-state index contributed by atoms with van der Waals surface area (Å²) in [6, 6.07) is 12.2. The molecule has 1 aromatic carbocycles. The maximum atomic E-state index is 6.13. The van der Waals surface area contributed by atoms with Gasteiger partial charge in [0, 0.05) is 29.8 Å². The fraction of sp³-hybridized carbons (Fsp3) is 0.368. The van der Waals surface area contributed by atoms with Crippen molar-refractivity contribution in [3.63, 3.8) is 0 Å². The summed E-state index contributed by atoms with van der Waals surface area (Å²) < 4.78 is 5.68. The van der Waals surface area contributed by atoms with Crippen LogP contribution in [0.2, 0.25) is 0 Å². The number of ether oxygens (including phenoxy) is 1. The number of hydrogen-bond acceptors (Lipinski definition) is 3. The first-order valence-corrected chi connectivity index (χ1v) is 8.25. The van der Waals surface area contributed by atoms with Crippen LogP contribution in [0.4, 0.5) is 0 Å². The van der Waals surface area contributed by atoms with E-state index in [9.17, 15) is 0 Å². The Balaban J connectivity index is 1.67. The van der Waals surface area contributed by atoms with Crippen LogP contribution in [0.15, 0.2) is 53.8 Å². The average Bonchev–Trinajstić information content (AvgIpc) is 2.61. The molecule has 3 N–H and O–H groups in total. The van der Waals surface area contributed by atoms with Crippen molar-refractivity contribution in [3.05, 3.63) is 59.9 Å². The summed E-state index contributed by atoms with van der Waals surface area (Å²) in [7, 11) is 0. The third kappa shape index (κ3) is 3.67. The van der Waals surface area contributed by atoms with Crippen molar-refractivity contribution >= 4 is 5.96 Å². The maximum absolute atomic E-state index is 6.13. The molecule has 3 rings (SSSR count). The number of aliphatic imine (C=N–C) groups is 1. The average molecular weight is 324 g/mol. The smallest absolute Gasteiger partial charge is 0.189 e. The van der Waals surface area contributed by atoms with Crippen LogP contribution in [0.25, 0.3) is 0 Å². The molecule has 2 heterocycles. The molecule has 0 bridgehead atoms. The molecule has 1 unspecified atom stereocenters. The Kier molecular flexibility index (Phi) is 4.69. The quantitative estimate of drug-likeness (QED) is 0.670. The Bertz CT molecular complexity index is 712. The van der Waals surface area contributed by atoms with Crippen LogP contribution in [0, 0.1) is 0 Å². The van der Waals surface area contributed by atoms with Gasteiger partial charge in [-0.05, 0) is 17.7 Å². The van der Waals surface area contributed by atoms with Gasteiger partial charge in [0.2, 0.25) is 0 Å². The standard InChI is InChI=1S/C19H24N4O/c1-19(2,14-6-5-10-21-12-14)13-22-18(20)23-16-9-11-24-17-8-4-3-7-15(16)17/h3-8,10,12,16H,9,11,13H2,1-2H3,(H3,20,22,23). The van der Waals surface area contributed by atoms with Gasteiger partial charge in [-0.25, -0.2) is 0 Å². The molecule has 0 spiro atoms. The third-order valence-electron chi connectivity index (χ3n) is 4.37. The zero-order valence-electron chi connectivity index (χ0n) is 14.2. The van der Waals surface area contributed by atoms with Crippen molar-refractivity contribution < 1.29 is 4.74 Å². The highest BCUT2D eigenvalue weighted by molar-refractivity contribution is 5.78. The van der Waals surface area contributed by atoms with Gasteiger partial charge in [-0.2, -0.15) is 0 Å². The van der Waals surface area contributed by atoms with Gasteiger partial charge in [0.25, 0.3) is 0 Å². The number of nitrogens with zero attached hydrogens (tertiary/aromatic N) is 2. The SMILES string of the molecule is CC(C)(CN=C(N)NC1CCOc2ccccc21)c1cccnc1. The van der Waals surface area contributed by atoms with Crippen LogP contribution in [0.1, 0.15) is 37.4 Å². The maximum Gasteiger partial charge on any atom is 0.189 e. The molecule has 2 aromatic rings. The number of rotatable bonds is 4. The van der Waals surface area contributed by atoms with Crippen molar-refractivity contribution in [2.75, 3.05) is 13.2 Å². The summed E-state index contributed by atoms with van der Waals surface area (Å²) in [4.78, 5) is 8.74. The van der Waals surface area contributed by atoms with Crippen molar-refractivity contribution in [2.45, 2.75) is 31.7 Å². The van der Waals surface area contributed by atoms with E-state index in [4.69, 9.17) is 10.5 Å². The number of benzene rings is 1. The van der Waals surface area contributed by atoms with E-state index in [0.717, 1.165) is 23.3 Å². The molecule has 1 aliphatic rings. The van der Waals surface area contributed by atoms with Crippen molar-refractivity contribution in [3.8, 4) is 5.75 Å². The summed E-state index contributed by atoms with van der Waals surface area (Å²) in [5, 5.41) is 3.33. The normalized spacial score (nSPS) is 17.8. The molecule has 0 saturated carbocycles. The summed E-state index contributed by atoms with van der Waals surface area (Å²) in [6.45, 7) is 5.57. The van der Waals surface area contributed by atoms with Gasteiger partial charge in [-0.1, -0.05) is 38.1 Å².